The van der Waals surface area contributed by atoms with Crippen molar-refractivity contribution in [3.8, 4) is 0 Å². The smallest absolute Gasteiger partial charge is 0.410 e. The van der Waals surface area contributed by atoms with Crippen molar-refractivity contribution in [3.63, 3.8) is 0 Å². The highest BCUT2D eigenvalue weighted by Gasteiger charge is 2.42. The molecule has 8 heteroatoms. The number of amides is 1. The minimum absolute atomic E-state index is 0.0952. The zero-order chi connectivity index (χ0) is 18.0. The van der Waals surface area contributed by atoms with Crippen LogP contribution in [-0.2, 0) is 10.3 Å². The molecular weight excluding hydrogens is 332 g/mol. The van der Waals surface area contributed by atoms with Crippen LogP contribution >= 0.6 is 11.6 Å². The fourth-order valence-electron chi connectivity index (χ4n) is 2.69. The van der Waals surface area contributed by atoms with Crippen LogP contribution in [0.25, 0.3) is 10.4 Å². The summed E-state index contributed by atoms with van der Waals surface area (Å²) in [6.45, 7) is 5.52. The Morgan fingerprint density at radius 2 is 2.08 bits per heavy atom. The number of rotatable bonds is 2. The van der Waals surface area contributed by atoms with Gasteiger partial charge in [0.25, 0.3) is 0 Å². The number of aliphatic hydroxyl groups is 1. The van der Waals surface area contributed by atoms with Crippen LogP contribution < -0.4 is 0 Å². The van der Waals surface area contributed by atoms with Crippen LogP contribution in [0.3, 0.4) is 0 Å². The highest BCUT2D eigenvalue weighted by atomic mass is 35.5. The Morgan fingerprint density at radius 3 is 2.62 bits per heavy atom. The van der Waals surface area contributed by atoms with E-state index in [9.17, 15) is 9.90 Å². The monoisotopic (exact) mass is 352 g/mol. The molecule has 0 saturated carbocycles. The number of hydrogen-bond acceptors (Lipinski definition) is 4. The molecule has 2 unspecified atom stereocenters. The maximum Gasteiger partial charge on any atom is 0.410 e. The molecule has 0 radical (unpaired) electrons. The summed E-state index contributed by atoms with van der Waals surface area (Å²) < 4.78 is 5.35. The first-order chi connectivity index (χ1) is 11.1. The van der Waals surface area contributed by atoms with Gasteiger partial charge in [0.1, 0.15) is 11.8 Å². The molecule has 1 saturated heterocycles. The Hall–Kier alpha value is -1.95. The van der Waals surface area contributed by atoms with E-state index in [1.807, 2.05) is 0 Å². The van der Waals surface area contributed by atoms with Crippen LogP contribution in [0, 0.1) is 0 Å². The van der Waals surface area contributed by atoms with Gasteiger partial charge in [0.05, 0.1) is 5.60 Å². The van der Waals surface area contributed by atoms with Crippen LogP contribution in [0.2, 0.25) is 5.02 Å². The van der Waals surface area contributed by atoms with Gasteiger partial charge in [-0.05, 0) is 50.4 Å². The summed E-state index contributed by atoms with van der Waals surface area (Å²) in [5.41, 5.74) is 7.64. The van der Waals surface area contributed by atoms with Crippen LogP contribution in [0.15, 0.2) is 29.4 Å². The van der Waals surface area contributed by atoms with E-state index in [2.05, 4.69) is 10.0 Å². The maximum absolute atomic E-state index is 12.3. The van der Waals surface area contributed by atoms with E-state index in [0.29, 0.717) is 17.0 Å². The lowest BCUT2D eigenvalue weighted by molar-refractivity contribution is -0.0569. The molecule has 0 spiro atoms. The molecule has 1 fully saturated rings. The molecule has 0 aromatic heterocycles. The van der Waals surface area contributed by atoms with Gasteiger partial charge in [-0.2, -0.15) is 0 Å². The average molecular weight is 353 g/mol. The third-order valence-electron chi connectivity index (χ3n) is 3.84. The molecule has 2 rings (SSSR count). The molecule has 2 atom stereocenters. The third kappa shape index (κ3) is 4.32. The molecule has 24 heavy (non-hydrogen) atoms. The number of azide groups is 1. The fourth-order valence-corrected chi connectivity index (χ4v) is 2.81. The van der Waals surface area contributed by atoms with Gasteiger partial charge in [0.15, 0.2) is 0 Å². The maximum atomic E-state index is 12.3. The predicted molar refractivity (Wildman–Crippen MR) is 90.5 cm³/mol. The van der Waals surface area contributed by atoms with E-state index in [1.54, 1.807) is 45.0 Å². The van der Waals surface area contributed by atoms with E-state index < -0.39 is 23.5 Å². The van der Waals surface area contributed by atoms with Crippen molar-refractivity contribution < 1.29 is 14.6 Å². The number of nitrogens with zero attached hydrogens (tertiary/aromatic N) is 4. The number of piperidine rings is 1. The zero-order valence-electron chi connectivity index (χ0n) is 13.9. The van der Waals surface area contributed by atoms with Gasteiger partial charge in [0.2, 0.25) is 0 Å². The molecule has 130 valence electrons. The van der Waals surface area contributed by atoms with E-state index >= 15 is 0 Å². The Balaban J connectivity index is 2.22. The lowest BCUT2D eigenvalue weighted by Gasteiger charge is -2.42. The van der Waals surface area contributed by atoms with Crippen LogP contribution in [0.5, 0.6) is 0 Å². The van der Waals surface area contributed by atoms with Gasteiger partial charge >= 0.3 is 6.09 Å². The SMILES string of the molecule is CC(C)(C)OC(=O)N1CCC(O)(c2ccc(Cl)cc2)CC1N=[N+]=[N-]. The molecule has 1 aromatic carbocycles. The highest BCUT2D eigenvalue weighted by Crippen LogP contribution is 2.37. The van der Waals surface area contributed by atoms with E-state index in [0.717, 1.165) is 0 Å². The molecule has 1 aliphatic rings. The first-order valence-corrected chi connectivity index (χ1v) is 8.05. The van der Waals surface area contributed by atoms with Crippen molar-refractivity contribution in [1.29, 1.82) is 0 Å². The standard InChI is InChI=1S/C16H21ClN4O3/c1-15(2,3)24-14(22)21-9-8-16(23,10-13(21)19-20-18)11-4-6-12(17)7-5-11/h4-7,13,23H,8-10H2,1-3H3. The van der Waals surface area contributed by atoms with Crippen LogP contribution in [0.4, 0.5) is 4.79 Å². The van der Waals surface area contributed by atoms with Crippen molar-refractivity contribution in [2.45, 2.75) is 51.0 Å². The molecular formula is C16H21ClN4O3. The molecule has 0 bridgehead atoms. The minimum Gasteiger partial charge on any atom is -0.444 e. The van der Waals surface area contributed by atoms with Gasteiger partial charge < -0.3 is 9.84 Å². The topological polar surface area (TPSA) is 98.5 Å². The van der Waals surface area contributed by atoms with Crippen LogP contribution in [-0.4, -0.2) is 34.4 Å². The lowest BCUT2D eigenvalue weighted by atomic mass is 9.83. The highest BCUT2D eigenvalue weighted by molar-refractivity contribution is 6.30. The molecule has 1 heterocycles. The number of likely N-dealkylation sites (tertiary alicyclic amines) is 1. The van der Waals surface area contributed by atoms with Crippen molar-refractivity contribution in [2.75, 3.05) is 6.54 Å². The zero-order valence-corrected chi connectivity index (χ0v) is 14.7. The number of ether oxygens (including phenoxy) is 1. The quantitative estimate of drug-likeness (QED) is 0.490. The second kappa shape index (κ2) is 6.89. The first-order valence-electron chi connectivity index (χ1n) is 7.67. The number of hydrogen-bond donors (Lipinski definition) is 1. The molecule has 1 amide bonds. The molecule has 1 aliphatic heterocycles. The van der Waals surface area contributed by atoms with Crippen molar-refractivity contribution in [1.82, 2.24) is 4.90 Å². The minimum atomic E-state index is -1.19. The Morgan fingerprint density at radius 1 is 1.46 bits per heavy atom. The lowest BCUT2D eigenvalue weighted by Crippen LogP contribution is -2.51. The van der Waals surface area contributed by atoms with Gasteiger partial charge in [-0.1, -0.05) is 28.8 Å². The predicted octanol–water partition coefficient (Wildman–Crippen LogP) is 4.19. The fraction of sp³-hybridized carbons (Fsp3) is 0.562. The molecule has 1 aromatic rings. The van der Waals surface area contributed by atoms with E-state index in [4.69, 9.17) is 21.9 Å². The third-order valence-corrected chi connectivity index (χ3v) is 4.09. The summed E-state index contributed by atoms with van der Waals surface area (Å²) >= 11 is 5.88. The number of benzene rings is 1. The van der Waals surface area contributed by atoms with Gasteiger partial charge in [-0.15, -0.1) is 0 Å². The van der Waals surface area contributed by atoms with Crippen molar-refractivity contribution in [2.24, 2.45) is 5.11 Å². The van der Waals surface area contributed by atoms with E-state index in [1.165, 1.54) is 4.90 Å². The Bertz CT molecular complexity index is 652. The number of carbonyl (C=O) groups excluding carboxylic acids is 1. The van der Waals surface area contributed by atoms with Crippen molar-refractivity contribution in [3.05, 3.63) is 45.3 Å². The Kier molecular flexibility index (Phi) is 5.28. The summed E-state index contributed by atoms with van der Waals surface area (Å²) in [5.74, 6) is 0. The molecule has 7 nitrogen and oxygen atoms in total. The van der Waals surface area contributed by atoms with Crippen molar-refractivity contribution >= 4 is 17.7 Å². The average Bonchev–Trinajstić information content (AvgIpc) is 2.46. The second-order valence-corrected chi connectivity index (χ2v) is 7.29. The molecule has 0 aliphatic carbocycles. The summed E-state index contributed by atoms with van der Waals surface area (Å²) in [4.78, 5) is 16.5. The second-order valence-electron chi connectivity index (χ2n) is 6.85. The largest absolute Gasteiger partial charge is 0.444 e. The summed E-state index contributed by atoms with van der Waals surface area (Å²) in [5, 5.41) is 15.2. The first kappa shape index (κ1) is 18.4. The summed E-state index contributed by atoms with van der Waals surface area (Å²) in [6, 6.07) is 6.85. The summed E-state index contributed by atoms with van der Waals surface area (Å²) in [7, 11) is 0. The van der Waals surface area contributed by atoms with Gasteiger partial charge in [0, 0.05) is 22.9 Å². The number of halogens is 1. The molecule has 1 N–H and O–H groups in total. The Labute approximate surface area is 145 Å². The van der Waals surface area contributed by atoms with Crippen LogP contribution in [0.1, 0.15) is 39.2 Å². The summed E-state index contributed by atoms with van der Waals surface area (Å²) in [6.07, 6.45) is -0.971. The van der Waals surface area contributed by atoms with Gasteiger partial charge in [-0.25, -0.2) is 4.79 Å². The number of carbonyl (C=O) groups is 1. The van der Waals surface area contributed by atoms with Gasteiger partial charge in [-0.3, -0.25) is 4.90 Å². The van der Waals surface area contributed by atoms with E-state index in [-0.39, 0.29) is 13.0 Å². The normalized spacial score (nSPS) is 24.2.